The van der Waals surface area contributed by atoms with Crippen molar-refractivity contribution in [3.63, 3.8) is 0 Å². The molecule has 0 amide bonds. The second kappa shape index (κ2) is 6.36. The minimum absolute atomic E-state index is 0.328. The average molecular weight is 305 g/mol. The number of rotatable bonds is 3. The summed E-state index contributed by atoms with van der Waals surface area (Å²) in [6.07, 6.45) is 4.82. The van der Waals surface area contributed by atoms with Crippen LogP contribution in [0.5, 0.6) is 0 Å². The van der Waals surface area contributed by atoms with Crippen molar-refractivity contribution in [2.75, 3.05) is 7.11 Å². The standard InChI is InChI=1S/C18H15N3O2/c1-12-3-5-14(6-4-12)17-20-11-15(18(22)23-2)16(21-17)13-7-9-19-10-8-13/h3-11H,1-2H3. The Balaban J connectivity index is 2.15. The maximum atomic E-state index is 12.0. The van der Waals surface area contributed by atoms with Gasteiger partial charge in [0.05, 0.1) is 12.8 Å². The van der Waals surface area contributed by atoms with Crippen LogP contribution in [0.25, 0.3) is 22.6 Å². The van der Waals surface area contributed by atoms with Gasteiger partial charge < -0.3 is 4.74 Å². The van der Waals surface area contributed by atoms with Crippen molar-refractivity contribution < 1.29 is 9.53 Å². The topological polar surface area (TPSA) is 65.0 Å². The molecule has 0 aliphatic heterocycles. The maximum absolute atomic E-state index is 12.0. The van der Waals surface area contributed by atoms with Crippen LogP contribution in [-0.2, 0) is 4.74 Å². The van der Waals surface area contributed by atoms with E-state index in [4.69, 9.17) is 4.74 Å². The molecule has 2 aromatic heterocycles. The zero-order chi connectivity index (χ0) is 16.2. The zero-order valence-corrected chi connectivity index (χ0v) is 12.9. The highest BCUT2D eigenvalue weighted by Crippen LogP contribution is 2.24. The summed E-state index contributed by atoms with van der Waals surface area (Å²) in [7, 11) is 1.34. The van der Waals surface area contributed by atoms with Crippen molar-refractivity contribution in [1.82, 2.24) is 15.0 Å². The second-order valence-corrected chi connectivity index (χ2v) is 5.05. The molecule has 0 radical (unpaired) electrons. The molecule has 0 N–H and O–H groups in total. The van der Waals surface area contributed by atoms with Crippen LogP contribution >= 0.6 is 0 Å². The molecule has 0 saturated heterocycles. The normalized spacial score (nSPS) is 10.3. The van der Waals surface area contributed by atoms with Crippen LogP contribution in [0.3, 0.4) is 0 Å². The fourth-order valence-electron chi connectivity index (χ4n) is 2.21. The van der Waals surface area contributed by atoms with Crippen LogP contribution in [0.2, 0.25) is 0 Å². The number of pyridine rings is 1. The molecule has 0 bridgehead atoms. The highest BCUT2D eigenvalue weighted by Gasteiger charge is 2.17. The van der Waals surface area contributed by atoms with Gasteiger partial charge in [-0.15, -0.1) is 0 Å². The lowest BCUT2D eigenvalue weighted by Gasteiger charge is -2.09. The molecule has 3 aromatic rings. The molecule has 1 aromatic carbocycles. The summed E-state index contributed by atoms with van der Waals surface area (Å²) in [5.41, 5.74) is 3.70. The van der Waals surface area contributed by atoms with E-state index in [1.54, 1.807) is 24.5 Å². The Kier molecular flexibility index (Phi) is 4.10. The first-order valence-corrected chi connectivity index (χ1v) is 7.12. The van der Waals surface area contributed by atoms with Gasteiger partial charge in [0.15, 0.2) is 5.82 Å². The van der Waals surface area contributed by atoms with E-state index in [9.17, 15) is 4.79 Å². The molecular formula is C18H15N3O2. The average Bonchev–Trinajstić information content (AvgIpc) is 2.62. The smallest absolute Gasteiger partial charge is 0.341 e. The number of ether oxygens (including phenoxy) is 1. The molecule has 0 spiro atoms. The number of aryl methyl sites for hydroxylation is 1. The minimum Gasteiger partial charge on any atom is -0.465 e. The van der Waals surface area contributed by atoms with Gasteiger partial charge >= 0.3 is 5.97 Å². The Labute approximate surface area is 134 Å². The van der Waals surface area contributed by atoms with Crippen molar-refractivity contribution >= 4 is 5.97 Å². The summed E-state index contributed by atoms with van der Waals surface area (Å²) in [5.74, 6) is 0.0942. The molecule has 114 valence electrons. The van der Waals surface area contributed by atoms with E-state index >= 15 is 0 Å². The lowest BCUT2D eigenvalue weighted by molar-refractivity contribution is 0.0601. The third-order valence-corrected chi connectivity index (χ3v) is 3.46. The summed E-state index contributed by atoms with van der Waals surface area (Å²) >= 11 is 0. The van der Waals surface area contributed by atoms with E-state index in [2.05, 4.69) is 15.0 Å². The molecule has 5 nitrogen and oxygen atoms in total. The van der Waals surface area contributed by atoms with E-state index in [1.165, 1.54) is 13.3 Å². The van der Waals surface area contributed by atoms with Gasteiger partial charge in [-0.1, -0.05) is 29.8 Å². The van der Waals surface area contributed by atoms with Gasteiger partial charge in [0, 0.05) is 29.7 Å². The Bertz CT molecular complexity index is 831. The fourth-order valence-corrected chi connectivity index (χ4v) is 2.21. The first kappa shape index (κ1) is 14.8. The van der Waals surface area contributed by atoms with Crippen molar-refractivity contribution in [2.24, 2.45) is 0 Å². The molecule has 0 fully saturated rings. The Morgan fingerprint density at radius 1 is 1.00 bits per heavy atom. The van der Waals surface area contributed by atoms with Gasteiger partial charge in [0.1, 0.15) is 5.56 Å². The summed E-state index contributed by atoms with van der Waals surface area (Å²) in [4.78, 5) is 24.9. The number of methoxy groups -OCH3 is 1. The monoisotopic (exact) mass is 305 g/mol. The number of nitrogens with zero attached hydrogens (tertiary/aromatic N) is 3. The number of benzene rings is 1. The lowest BCUT2D eigenvalue weighted by atomic mass is 10.1. The van der Waals surface area contributed by atoms with Crippen LogP contribution < -0.4 is 0 Å². The molecule has 0 atom stereocenters. The number of esters is 1. The van der Waals surface area contributed by atoms with Crippen molar-refractivity contribution in [3.8, 4) is 22.6 Å². The van der Waals surface area contributed by atoms with Gasteiger partial charge in [-0.25, -0.2) is 14.8 Å². The molecule has 23 heavy (non-hydrogen) atoms. The molecule has 0 aliphatic rings. The van der Waals surface area contributed by atoms with Crippen molar-refractivity contribution in [2.45, 2.75) is 6.92 Å². The van der Waals surface area contributed by atoms with E-state index in [0.29, 0.717) is 17.1 Å². The molecule has 0 aliphatic carbocycles. The number of carbonyl (C=O) groups excluding carboxylic acids is 1. The summed E-state index contributed by atoms with van der Waals surface area (Å²) < 4.78 is 4.83. The minimum atomic E-state index is -0.465. The first-order valence-electron chi connectivity index (χ1n) is 7.12. The van der Waals surface area contributed by atoms with Gasteiger partial charge in [-0.3, -0.25) is 4.98 Å². The van der Waals surface area contributed by atoms with Gasteiger partial charge in [-0.05, 0) is 19.1 Å². The first-order chi connectivity index (χ1) is 11.2. The van der Waals surface area contributed by atoms with Crippen molar-refractivity contribution in [3.05, 3.63) is 66.1 Å². The lowest BCUT2D eigenvalue weighted by Crippen LogP contribution is -2.07. The number of carbonyl (C=O) groups is 1. The molecule has 0 saturated carbocycles. The van der Waals surface area contributed by atoms with E-state index in [1.807, 2.05) is 31.2 Å². The highest BCUT2D eigenvalue weighted by atomic mass is 16.5. The summed E-state index contributed by atoms with van der Waals surface area (Å²) in [6.45, 7) is 2.02. The number of hydrogen-bond acceptors (Lipinski definition) is 5. The van der Waals surface area contributed by atoms with Crippen LogP contribution in [-0.4, -0.2) is 28.0 Å². The van der Waals surface area contributed by atoms with Crippen LogP contribution in [0.4, 0.5) is 0 Å². The largest absolute Gasteiger partial charge is 0.465 e. The Morgan fingerprint density at radius 2 is 1.70 bits per heavy atom. The molecule has 5 heteroatoms. The van der Waals surface area contributed by atoms with Crippen LogP contribution in [0.15, 0.2) is 55.0 Å². The third kappa shape index (κ3) is 3.08. The summed E-state index contributed by atoms with van der Waals surface area (Å²) in [6, 6.07) is 11.5. The molecule has 2 heterocycles. The SMILES string of the molecule is COC(=O)c1cnc(-c2ccc(C)cc2)nc1-c1ccncc1. The predicted octanol–water partition coefficient (Wildman–Crippen LogP) is 3.30. The number of hydrogen-bond donors (Lipinski definition) is 0. The fraction of sp³-hybridized carbons (Fsp3) is 0.111. The molecule has 0 unspecified atom stereocenters. The third-order valence-electron chi connectivity index (χ3n) is 3.46. The van der Waals surface area contributed by atoms with Crippen molar-refractivity contribution in [1.29, 1.82) is 0 Å². The second-order valence-electron chi connectivity index (χ2n) is 5.05. The Hall–Kier alpha value is -3.08. The molecular weight excluding hydrogens is 290 g/mol. The Morgan fingerprint density at radius 3 is 2.35 bits per heavy atom. The van der Waals surface area contributed by atoms with Crippen LogP contribution in [0.1, 0.15) is 15.9 Å². The maximum Gasteiger partial charge on any atom is 0.341 e. The predicted molar refractivity (Wildman–Crippen MR) is 86.8 cm³/mol. The van der Waals surface area contributed by atoms with E-state index in [-0.39, 0.29) is 0 Å². The molecule has 3 rings (SSSR count). The van der Waals surface area contributed by atoms with Gasteiger partial charge in [-0.2, -0.15) is 0 Å². The summed E-state index contributed by atoms with van der Waals surface area (Å²) in [5, 5.41) is 0. The number of aromatic nitrogens is 3. The van der Waals surface area contributed by atoms with E-state index in [0.717, 1.165) is 16.7 Å². The van der Waals surface area contributed by atoms with Gasteiger partial charge in [0.2, 0.25) is 0 Å². The highest BCUT2D eigenvalue weighted by molar-refractivity contribution is 5.96. The van der Waals surface area contributed by atoms with Crippen LogP contribution in [0, 0.1) is 6.92 Å². The quantitative estimate of drug-likeness (QED) is 0.695. The zero-order valence-electron chi connectivity index (χ0n) is 12.9. The van der Waals surface area contributed by atoms with E-state index < -0.39 is 5.97 Å². The van der Waals surface area contributed by atoms with Gasteiger partial charge in [0.25, 0.3) is 0 Å².